The van der Waals surface area contributed by atoms with Gasteiger partial charge in [-0.3, -0.25) is 4.90 Å². The Morgan fingerprint density at radius 2 is 2.20 bits per heavy atom. The molecule has 0 aromatic heterocycles. The molecule has 1 N–H and O–H groups in total. The Labute approximate surface area is 121 Å². The van der Waals surface area contributed by atoms with Gasteiger partial charge in [-0.25, -0.2) is 0 Å². The maximum atomic E-state index is 5.39. The monoisotopic (exact) mass is 276 g/mol. The molecule has 0 spiro atoms. The van der Waals surface area contributed by atoms with Gasteiger partial charge in [0.15, 0.2) is 0 Å². The van der Waals surface area contributed by atoms with Gasteiger partial charge >= 0.3 is 0 Å². The zero-order valence-corrected chi connectivity index (χ0v) is 12.4. The minimum atomic E-state index is 0.602. The van der Waals surface area contributed by atoms with Crippen LogP contribution in [0.5, 0.6) is 5.75 Å². The molecule has 2 aliphatic rings. The van der Waals surface area contributed by atoms with Crippen molar-refractivity contribution in [3.05, 3.63) is 29.3 Å². The third kappa shape index (κ3) is 2.68. The van der Waals surface area contributed by atoms with Crippen molar-refractivity contribution >= 4 is 0 Å². The van der Waals surface area contributed by atoms with Crippen LogP contribution < -0.4 is 10.1 Å². The summed E-state index contributed by atoms with van der Waals surface area (Å²) in [6.07, 6.45) is 1.33. The summed E-state index contributed by atoms with van der Waals surface area (Å²) in [5, 5.41) is 3.51. The average molecular weight is 276 g/mol. The molecule has 0 amide bonds. The van der Waals surface area contributed by atoms with E-state index in [1.165, 1.54) is 25.1 Å². The number of hydrogen-bond acceptors (Lipinski definition) is 4. The topological polar surface area (TPSA) is 33.7 Å². The lowest BCUT2D eigenvalue weighted by molar-refractivity contribution is 0.181. The van der Waals surface area contributed by atoms with Crippen molar-refractivity contribution in [2.75, 3.05) is 33.9 Å². The molecule has 0 saturated carbocycles. The first-order chi connectivity index (χ1) is 9.81. The SMILES string of the molecule is COCc1cc(CN2CCC3CNCC32)ccc1OC. The van der Waals surface area contributed by atoms with Gasteiger partial charge in [-0.15, -0.1) is 0 Å². The average Bonchev–Trinajstić information content (AvgIpc) is 3.05. The fraction of sp³-hybridized carbons (Fsp3) is 0.625. The van der Waals surface area contributed by atoms with E-state index in [0.717, 1.165) is 36.4 Å². The van der Waals surface area contributed by atoms with Crippen molar-refractivity contribution in [1.29, 1.82) is 0 Å². The number of rotatable bonds is 5. The third-order valence-electron chi connectivity index (χ3n) is 4.59. The first-order valence-corrected chi connectivity index (χ1v) is 7.41. The maximum absolute atomic E-state index is 5.39. The van der Waals surface area contributed by atoms with Gasteiger partial charge in [0, 0.05) is 31.8 Å². The van der Waals surface area contributed by atoms with Gasteiger partial charge in [0.05, 0.1) is 13.7 Å². The van der Waals surface area contributed by atoms with Crippen LogP contribution in [-0.4, -0.2) is 44.8 Å². The Bertz CT molecular complexity index is 464. The number of likely N-dealkylation sites (tertiary alicyclic amines) is 1. The Hall–Kier alpha value is -1.10. The Morgan fingerprint density at radius 1 is 1.30 bits per heavy atom. The van der Waals surface area contributed by atoms with E-state index in [-0.39, 0.29) is 0 Å². The zero-order valence-electron chi connectivity index (χ0n) is 12.4. The van der Waals surface area contributed by atoms with Gasteiger partial charge < -0.3 is 14.8 Å². The molecule has 110 valence electrons. The van der Waals surface area contributed by atoms with Gasteiger partial charge in [-0.1, -0.05) is 6.07 Å². The predicted molar refractivity (Wildman–Crippen MR) is 78.9 cm³/mol. The maximum Gasteiger partial charge on any atom is 0.124 e. The summed E-state index contributed by atoms with van der Waals surface area (Å²) >= 11 is 0. The van der Waals surface area contributed by atoms with Crippen LogP contribution in [0.3, 0.4) is 0 Å². The van der Waals surface area contributed by atoms with Crippen LogP contribution >= 0.6 is 0 Å². The molecular weight excluding hydrogens is 252 g/mol. The fourth-order valence-corrected chi connectivity index (χ4v) is 3.57. The molecule has 1 aromatic carbocycles. The number of hydrogen-bond donors (Lipinski definition) is 1. The summed E-state index contributed by atoms with van der Waals surface area (Å²) in [7, 11) is 3.44. The van der Waals surface area contributed by atoms with Crippen molar-refractivity contribution in [3.63, 3.8) is 0 Å². The molecule has 2 unspecified atom stereocenters. The van der Waals surface area contributed by atoms with Crippen LogP contribution in [0.15, 0.2) is 18.2 Å². The van der Waals surface area contributed by atoms with Gasteiger partial charge in [0.2, 0.25) is 0 Å². The molecule has 2 heterocycles. The summed E-state index contributed by atoms with van der Waals surface area (Å²) in [5.74, 6) is 1.77. The molecule has 2 atom stereocenters. The Morgan fingerprint density at radius 3 is 3.00 bits per heavy atom. The highest BCUT2D eigenvalue weighted by Crippen LogP contribution is 2.29. The highest BCUT2D eigenvalue weighted by Gasteiger charge is 2.37. The van der Waals surface area contributed by atoms with Gasteiger partial charge in [0.1, 0.15) is 5.75 Å². The lowest BCUT2D eigenvalue weighted by Gasteiger charge is -2.23. The van der Waals surface area contributed by atoms with Gasteiger partial charge in [-0.05, 0) is 43.1 Å². The number of methoxy groups -OCH3 is 2. The second-order valence-corrected chi connectivity index (χ2v) is 5.82. The molecule has 0 radical (unpaired) electrons. The van der Waals surface area contributed by atoms with Gasteiger partial charge in [-0.2, -0.15) is 0 Å². The molecule has 0 aliphatic carbocycles. The zero-order chi connectivity index (χ0) is 13.9. The number of fused-ring (bicyclic) bond motifs is 1. The largest absolute Gasteiger partial charge is 0.496 e. The van der Waals surface area contributed by atoms with Crippen LogP contribution in [0.2, 0.25) is 0 Å². The summed E-state index contributed by atoms with van der Waals surface area (Å²) in [6, 6.07) is 7.18. The number of benzene rings is 1. The van der Waals surface area contributed by atoms with E-state index in [1.54, 1.807) is 14.2 Å². The lowest BCUT2D eigenvalue weighted by Crippen LogP contribution is -2.33. The summed E-state index contributed by atoms with van der Waals surface area (Å²) in [6.45, 7) is 5.20. The molecule has 4 nitrogen and oxygen atoms in total. The van der Waals surface area contributed by atoms with E-state index in [0.29, 0.717) is 6.61 Å². The number of ether oxygens (including phenoxy) is 2. The first kappa shape index (κ1) is 13.9. The molecule has 2 fully saturated rings. The standard InChI is InChI=1S/C16H24N2O2/c1-19-11-14-7-12(3-4-16(14)20-2)10-18-6-5-13-8-17-9-15(13)18/h3-4,7,13,15,17H,5-6,8-11H2,1-2H3. The minimum absolute atomic E-state index is 0.602. The van der Waals surface area contributed by atoms with Crippen LogP contribution in [0.25, 0.3) is 0 Å². The highest BCUT2D eigenvalue weighted by molar-refractivity contribution is 5.37. The van der Waals surface area contributed by atoms with Crippen molar-refractivity contribution in [2.45, 2.75) is 25.6 Å². The quantitative estimate of drug-likeness (QED) is 0.886. The van der Waals surface area contributed by atoms with E-state index >= 15 is 0 Å². The van der Waals surface area contributed by atoms with E-state index in [9.17, 15) is 0 Å². The fourth-order valence-electron chi connectivity index (χ4n) is 3.57. The van der Waals surface area contributed by atoms with Crippen molar-refractivity contribution in [3.8, 4) is 5.75 Å². The molecule has 4 heteroatoms. The normalized spacial score (nSPS) is 25.9. The lowest BCUT2D eigenvalue weighted by atomic mass is 10.0. The van der Waals surface area contributed by atoms with E-state index < -0.39 is 0 Å². The number of nitrogens with one attached hydrogen (secondary N) is 1. The molecule has 20 heavy (non-hydrogen) atoms. The van der Waals surface area contributed by atoms with Crippen molar-refractivity contribution in [1.82, 2.24) is 10.2 Å². The second-order valence-electron chi connectivity index (χ2n) is 5.82. The molecule has 2 aliphatic heterocycles. The van der Waals surface area contributed by atoms with Crippen LogP contribution in [-0.2, 0) is 17.9 Å². The summed E-state index contributed by atoms with van der Waals surface area (Å²) in [4.78, 5) is 2.61. The molecule has 1 aromatic rings. The molecular formula is C16H24N2O2. The smallest absolute Gasteiger partial charge is 0.124 e. The van der Waals surface area contributed by atoms with Crippen LogP contribution in [0.1, 0.15) is 17.5 Å². The second kappa shape index (κ2) is 6.12. The predicted octanol–water partition coefficient (Wildman–Crippen LogP) is 1.64. The molecule has 3 rings (SSSR count). The first-order valence-electron chi connectivity index (χ1n) is 7.41. The van der Waals surface area contributed by atoms with Gasteiger partial charge in [0.25, 0.3) is 0 Å². The minimum Gasteiger partial charge on any atom is -0.496 e. The Kier molecular flexibility index (Phi) is 4.24. The summed E-state index contributed by atoms with van der Waals surface area (Å²) in [5.41, 5.74) is 2.48. The van der Waals surface area contributed by atoms with E-state index in [2.05, 4.69) is 28.4 Å². The van der Waals surface area contributed by atoms with Crippen LogP contribution in [0, 0.1) is 5.92 Å². The number of nitrogens with zero attached hydrogens (tertiary/aromatic N) is 1. The summed E-state index contributed by atoms with van der Waals surface area (Å²) < 4.78 is 10.6. The van der Waals surface area contributed by atoms with E-state index in [4.69, 9.17) is 9.47 Å². The Balaban J connectivity index is 1.72. The van der Waals surface area contributed by atoms with E-state index in [1.807, 2.05) is 0 Å². The highest BCUT2D eigenvalue weighted by atomic mass is 16.5. The van der Waals surface area contributed by atoms with Crippen molar-refractivity contribution < 1.29 is 9.47 Å². The van der Waals surface area contributed by atoms with Crippen LogP contribution in [0.4, 0.5) is 0 Å². The van der Waals surface area contributed by atoms with Crippen molar-refractivity contribution in [2.24, 2.45) is 5.92 Å². The molecule has 0 bridgehead atoms. The molecule has 2 saturated heterocycles. The third-order valence-corrected chi connectivity index (χ3v) is 4.59.